The van der Waals surface area contributed by atoms with Gasteiger partial charge in [0.2, 0.25) is 5.91 Å². The van der Waals surface area contributed by atoms with Crippen molar-refractivity contribution in [2.75, 3.05) is 6.54 Å². The van der Waals surface area contributed by atoms with E-state index in [1.807, 2.05) is 0 Å². The van der Waals surface area contributed by atoms with Crippen molar-refractivity contribution in [2.45, 2.75) is 76.8 Å². The van der Waals surface area contributed by atoms with Crippen LogP contribution in [0.1, 0.15) is 64.7 Å². The Kier molecular flexibility index (Phi) is 5.48. The molecule has 2 rings (SSSR count). The van der Waals surface area contributed by atoms with E-state index in [9.17, 15) is 4.79 Å². The second-order valence-electron chi connectivity index (χ2n) is 5.95. The monoisotopic (exact) mass is 252 g/mol. The van der Waals surface area contributed by atoms with E-state index in [4.69, 9.17) is 0 Å². The van der Waals surface area contributed by atoms with Crippen LogP contribution in [0.3, 0.4) is 0 Å². The van der Waals surface area contributed by atoms with Crippen molar-refractivity contribution in [1.29, 1.82) is 0 Å². The van der Waals surface area contributed by atoms with Crippen LogP contribution < -0.4 is 10.6 Å². The van der Waals surface area contributed by atoms with E-state index in [0.717, 1.165) is 19.4 Å². The van der Waals surface area contributed by atoms with E-state index in [0.29, 0.717) is 18.0 Å². The lowest BCUT2D eigenvalue weighted by Gasteiger charge is -2.19. The molecule has 2 N–H and O–H groups in total. The van der Waals surface area contributed by atoms with Gasteiger partial charge in [0.05, 0.1) is 5.92 Å². The number of hydrogen-bond donors (Lipinski definition) is 2. The maximum absolute atomic E-state index is 12.0. The molecule has 3 heteroatoms. The van der Waals surface area contributed by atoms with Gasteiger partial charge in [0.15, 0.2) is 0 Å². The van der Waals surface area contributed by atoms with E-state index in [1.54, 1.807) is 0 Å². The first kappa shape index (κ1) is 13.9. The molecule has 104 valence electrons. The highest BCUT2D eigenvalue weighted by atomic mass is 16.1. The van der Waals surface area contributed by atoms with Gasteiger partial charge >= 0.3 is 0 Å². The molecule has 2 aliphatic heterocycles. The third-order valence-corrected chi connectivity index (χ3v) is 4.47. The Balaban J connectivity index is 1.50. The van der Waals surface area contributed by atoms with Crippen molar-refractivity contribution in [1.82, 2.24) is 10.6 Å². The fraction of sp³-hybridized carbons (Fsp3) is 0.933. The summed E-state index contributed by atoms with van der Waals surface area (Å²) in [6.07, 6.45) is 11.2. The van der Waals surface area contributed by atoms with Crippen LogP contribution in [0.25, 0.3) is 0 Å². The van der Waals surface area contributed by atoms with Gasteiger partial charge < -0.3 is 10.6 Å². The van der Waals surface area contributed by atoms with Gasteiger partial charge in [-0.2, -0.15) is 0 Å². The van der Waals surface area contributed by atoms with Gasteiger partial charge in [-0.05, 0) is 25.7 Å². The number of nitrogens with one attached hydrogen (secondary N) is 2. The lowest BCUT2D eigenvalue weighted by Crippen LogP contribution is -2.37. The van der Waals surface area contributed by atoms with Gasteiger partial charge in [0.1, 0.15) is 0 Å². The summed E-state index contributed by atoms with van der Waals surface area (Å²) in [6, 6.07) is 1.10. The number of unbranched alkanes of at least 4 members (excludes halogenated alkanes) is 5. The number of carbonyl (C=O) groups is 1. The molecule has 0 radical (unpaired) electrons. The quantitative estimate of drug-likeness (QED) is 0.652. The number of rotatable bonds is 8. The molecule has 2 fully saturated rings. The summed E-state index contributed by atoms with van der Waals surface area (Å²) in [7, 11) is 0. The fourth-order valence-corrected chi connectivity index (χ4v) is 3.36. The van der Waals surface area contributed by atoms with Crippen LogP contribution in [-0.4, -0.2) is 24.5 Å². The number of hydrogen-bond acceptors (Lipinski definition) is 2. The molecule has 0 saturated carbocycles. The third-order valence-electron chi connectivity index (χ3n) is 4.47. The van der Waals surface area contributed by atoms with Crippen LogP contribution in [0.4, 0.5) is 0 Å². The molecule has 0 aliphatic carbocycles. The zero-order valence-corrected chi connectivity index (χ0v) is 11.7. The smallest absolute Gasteiger partial charge is 0.224 e. The lowest BCUT2D eigenvalue weighted by molar-refractivity contribution is -0.125. The molecule has 3 nitrogen and oxygen atoms in total. The summed E-state index contributed by atoms with van der Waals surface area (Å²) in [5.41, 5.74) is 0. The minimum atomic E-state index is 0.254. The predicted molar refractivity (Wildman–Crippen MR) is 74.4 cm³/mol. The molecule has 1 amide bonds. The fourth-order valence-electron chi connectivity index (χ4n) is 3.36. The molecule has 2 heterocycles. The summed E-state index contributed by atoms with van der Waals surface area (Å²) in [5, 5.41) is 6.64. The number of carbonyl (C=O) groups excluding carboxylic acids is 1. The molecule has 2 saturated heterocycles. The highest BCUT2D eigenvalue weighted by Gasteiger charge is 2.42. The summed E-state index contributed by atoms with van der Waals surface area (Å²) >= 11 is 0. The van der Waals surface area contributed by atoms with Crippen LogP contribution in [0.2, 0.25) is 0 Å². The molecule has 0 aromatic heterocycles. The average molecular weight is 252 g/mol. The first-order chi connectivity index (χ1) is 8.81. The van der Waals surface area contributed by atoms with E-state index in [2.05, 4.69) is 17.6 Å². The molecule has 2 aliphatic rings. The normalized spacial score (nSPS) is 29.7. The molecule has 0 aromatic carbocycles. The Morgan fingerprint density at radius 1 is 1.17 bits per heavy atom. The highest BCUT2D eigenvalue weighted by Crippen LogP contribution is 2.33. The summed E-state index contributed by atoms with van der Waals surface area (Å²) in [4.78, 5) is 12.0. The molecule has 3 unspecified atom stereocenters. The first-order valence-corrected chi connectivity index (χ1v) is 7.85. The highest BCUT2D eigenvalue weighted by molar-refractivity contribution is 5.80. The van der Waals surface area contributed by atoms with Gasteiger partial charge in [0, 0.05) is 18.6 Å². The molecule has 2 bridgehead atoms. The van der Waals surface area contributed by atoms with Gasteiger partial charge in [-0.25, -0.2) is 0 Å². The maximum Gasteiger partial charge on any atom is 0.224 e. The molecule has 0 spiro atoms. The van der Waals surface area contributed by atoms with Crippen molar-refractivity contribution in [3.63, 3.8) is 0 Å². The van der Waals surface area contributed by atoms with Crippen molar-refractivity contribution in [2.24, 2.45) is 5.92 Å². The summed E-state index contributed by atoms with van der Waals surface area (Å²) < 4.78 is 0. The zero-order chi connectivity index (χ0) is 12.8. The van der Waals surface area contributed by atoms with Crippen molar-refractivity contribution in [3.05, 3.63) is 0 Å². The summed E-state index contributed by atoms with van der Waals surface area (Å²) in [6.45, 7) is 3.11. The minimum absolute atomic E-state index is 0.254. The van der Waals surface area contributed by atoms with Crippen LogP contribution in [-0.2, 0) is 4.79 Å². The van der Waals surface area contributed by atoms with Gasteiger partial charge in [-0.1, -0.05) is 39.0 Å². The predicted octanol–water partition coefficient (Wildman–Crippen LogP) is 2.60. The van der Waals surface area contributed by atoms with Crippen molar-refractivity contribution < 1.29 is 4.79 Å². The maximum atomic E-state index is 12.0. The van der Waals surface area contributed by atoms with Gasteiger partial charge in [-0.15, -0.1) is 0 Å². The Labute approximate surface area is 111 Å². The first-order valence-electron chi connectivity index (χ1n) is 7.85. The third kappa shape index (κ3) is 3.71. The standard InChI is InChI=1S/C15H28N2O/c1-2-3-4-5-6-7-10-16-15(18)13-11-12-8-9-14(13)17-12/h12-14,17H,2-11H2,1H3,(H,16,18). The Morgan fingerprint density at radius 2 is 1.94 bits per heavy atom. The zero-order valence-electron chi connectivity index (χ0n) is 11.7. The Bertz CT molecular complexity index is 267. The van der Waals surface area contributed by atoms with Crippen LogP contribution in [0, 0.1) is 5.92 Å². The molecular weight excluding hydrogens is 224 g/mol. The Hall–Kier alpha value is -0.570. The minimum Gasteiger partial charge on any atom is -0.356 e. The van der Waals surface area contributed by atoms with E-state index < -0.39 is 0 Å². The van der Waals surface area contributed by atoms with E-state index >= 15 is 0 Å². The molecule has 0 aromatic rings. The second kappa shape index (κ2) is 7.13. The summed E-state index contributed by atoms with van der Waals surface area (Å²) in [5.74, 6) is 0.548. The van der Waals surface area contributed by atoms with E-state index in [1.165, 1.54) is 44.9 Å². The van der Waals surface area contributed by atoms with Crippen LogP contribution >= 0.6 is 0 Å². The second-order valence-corrected chi connectivity index (χ2v) is 5.95. The number of amides is 1. The Morgan fingerprint density at radius 3 is 2.61 bits per heavy atom. The SMILES string of the molecule is CCCCCCCCNC(=O)C1CC2CCC1N2. The van der Waals surface area contributed by atoms with Crippen LogP contribution in [0.5, 0.6) is 0 Å². The van der Waals surface area contributed by atoms with Crippen LogP contribution in [0.15, 0.2) is 0 Å². The van der Waals surface area contributed by atoms with E-state index in [-0.39, 0.29) is 5.92 Å². The molecular formula is C15H28N2O. The van der Waals surface area contributed by atoms with Crippen molar-refractivity contribution >= 4 is 5.91 Å². The van der Waals surface area contributed by atoms with Gasteiger partial charge in [0.25, 0.3) is 0 Å². The topological polar surface area (TPSA) is 41.1 Å². The lowest BCUT2D eigenvalue weighted by atomic mass is 9.88. The largest absolute Gasteiger partial charge is 0.356 e. The molecule has 3 atom stereocenters. The number of fused-ring (bicyclic) bond motifs is 2. The van der Waals surface area contributed by atoms with Gasteiger partial charge in [-0.3, -0.25) is 4.79 Å². The average Bonchev–Trinajstić information content (AvgIpc) is 2.99. The van der Waals surface area contributed by atoms with Crippen molar-refractivity contribution in [3.8, 4) is 0 Å². The molecule has 18 heavy (non-hydrogen) atoms.